The smallest absolute Gasteiger partial charge is 0.175 e. The monoisotopic (exact) mass is 250 g/mol. The van der Waals surface area contributed by atoms with Crippen LogP contribution in [0, 0.1) is 24.7 Å². The minimum Gasteiger partial charge on any atom is -0.329 e. The maximum absolute atomic E-state index is 4.96. The summed E-state index contributed by atoms with van der Waals surface area (Å²) in [5.41, 5.74) is 0. The van der Waals surface area contributed by atoms with Gasteiger partial charge in [0.1, 0.15) is 0 Å². The van der Waals surface area contributed by atoms with Gasteiger partial charge in [-0.15, -0.1) is 12.8 Å². The Balaban J connectivity index is 3.53. The molecule has 9 heavy (non-hydrogen) atoms. The van der Waals surface area contributed by atoms with Crippen molar-refractivity contribution in [2.45, 2.75) is 10.0 Å². The molecule has 0 aromatic heterocycles. The Morgan fingerprint density at radius 2 is 1.44 bits per heavy atom. The van der Waals surface area contributed by atoms with Crippen molar-refractivity contribution in [1.82, 2.24) is 0 Å². The van der Waals surface area contributed by atoms with E-state index in [9.17, 15) is 0 Å². The van der Waals surface area contributed by atoms with Crippen LogP contribution < -0.4 is 0 Å². The first kappa shape index (κ1) is 9.04. The van der Waals surface area contributed by atoms with Gasteiger partial charge in [-0.25, -0.2) is 0 Å². The van der Waals surface area contributed by atoms with E-state index in [0.717, 1.165) is 0 Å². The van der Waals surface area contributed by atoms with E-state index in [1.807, 2.05) is 0 Å². The second-order valence-corrected chi connectivity index (χ2v) is 2.76. The van der Waals surface area contributed by atoms with Crippen LogP contribution in [0.15, 0.2) is 0 Å². The van der Waals surface area contributed by atoms with Crippen LogP contribution in [0.2, 0.25) is 0 Å². The maximum Gasteiger partial charge on any atom is 0.175 e. The molecular formula is C6H4Br2O. The minimum absolute atomic E-state index is 0.419. The van der Waals surface area contributed by atoms with Crippen LogP contribution in [-0.2, 0) is 4.74 Å². The SMILES string of the molecule is C#CC(Br)OC(Br)C#C. The fraction of sp³-hybridized carbons (Fsp3) is 0.333. The number of halogens is 2. The van der Waals surface area contributed by atoms with E-state index < -0.39 is 10.0 Å². The summed E-state index contributed by atoms with van der Waals surface area (Å²) in [7, 11) is 0. The van der Waals surface area contributed by atoms with Crippen molar-refractivity contribution in [2.75, 3.05) is 0 Å². The fourth-order valence-corrected chi connectivity index (χ4v) is 0.905. The lowest BCUT2D eigenvalue weighted by molar-refractivity contribution is 0.166. The molecule has 0 aliphatic heterocycles. The Kier molecular flexibility index (Phi) is 4.90. The lowest BCUT2D eigenvalue weighted by atomic mass is 10.7. The highest BCUT2D eigenvalue weighted by Gasteiger charge is 2.03. The first-order chi connectivity index (χ1) is 4.20. The van der Waals surface area contributed by atoms with Gasteiger partial charge in [-0.3, -0.25) is 0 Å². The summed E-state index contributed by atoms with van der Waals surface area (Å²) in [6.45, 7) is 0. The molecule has 0 aromatic rings. The van der Waals surface area contributed by atoms with E-state index in [0.29, 0.717) is 0 Å². The summed E-state index contributed by atoms with van der Waals surface area (Å²) in [5.74, 6) is 4.60. The van der Waals surface area contributed by atoms with Gasteiger partial charge >= 0.3 is 0 Å². The van der Waals surface area contributed by atoms with Crippen LogP contribution in [0.5, 0.6) is 0 Å². The van der Waals surface area contributed by atoms with Crippen LogP contribution in [0.3, 0.4) is 0 Å². The molecule has 2 unspecified atom stereocenters. The second-order valence-electron chi connectivity index (χ2n) is 1.10. The first-order valence-electron chi connectivity index (χ1n) is 2.06. The third kappa shape index (κ3) is 4.54. The number of hydrogen-bond acceptors (Lipinski definition) is 1. The van der Waals surface area contributed by atoms with Crippen LogP contribution in [0.25, 0.3) is 0 Å². The summed E-state index contributed by atoms with van der Waals surface area (Å²) in [6, 6.07) is 0. The van der Waals surface area contributed by atoms with Crippen molar-refractivity contribution >= 4 is 31.9 Å². The molecule has 0 aliphatic rings. The van der Waals surface area contributed by atoms with Gasteiger partial charge in [-0.2, -0.15) is 0 Å². The highest BCUT2D eigenvalue weighted by molar-refractivity contribution is 9.10. The molecule has 0 saturated carbocycles. The normalized spacial score (nSPS) is 15.1. The third-order valence-electron chi connectivity index (χ3n) is 0.501. The summed E-state index contributed by atoms with van der Waals surface area (Å²) in [5, 5.41) is -0.837. The molecule has 48 valence electrons. The van der Waals surface area contributed by atoms with E-state index in [1.165, 1.54) is 0 Å². The predicted molar refractivity (Wildman–Crippen MR) is 44.2 cm³/mol. The summed E-state index contributed by atoms with van der Waals surface area (Å²) in [4.78, 5) is 0. The molecule has 0 bridgehead atoms. The van der Waals surface area contributed by atoms with E-state index in [4.69, 9.17) is 17.6 Å². The molecule has 3 heteroatoms. The molecule has 0 saturated heterocycles. The van der Waals surface area contributed by atoms with Crippen LogP contribution in [0.4, 0.5) is 0 Å². The number of alkyl halides is 2. The molecule has 0 aliphatic carbocycles. The Bertz CT molecular complexity index is 135. The molecule has 2 atom stereocenters. The van der Waals surface area contributed by atoms with Crippen LogP contribution in [0.1, 0.15) is 0 Å². The van der Waals surface area contributed by atoms with Gasteiger partial charge in [0.2, 0.25) is 0 Å². The fourth-order valence-electron chi connectivity index (χ4n) is 0.183. The molecule has 0 N–H and O–H groups in total. The van der Waals surface area contributed by atoms with Gasteiger partial charge in [-0.05, 0) is 31.9 Å². The van der Waals surface area contributed by atoms with Crippen molar-refractivity contribution in [1.29, 1.82) is 0 Å². The Hall–Kier alpha value is 0.0400. The number of ether oxygens (including phenoxy) is 1. The average Bonchev–Trinajstić information content (AvgIpc) is 1.87. The highest BCUT2D eigenvalue weighted by atomic mass is 79.9. The van der Waals surface area contributed by atoms with E-state index in [-0.39, 0.29) is 0 Å². The standard InChI is InChI=1S/C6H4Br2O/c1-3-5(7)9-6(8)4-2/h1-2,5-6H. The third-order valence-corrected chi connectivity index (χ3v) is 1.46. The zero-order valence-electron chi connectivity index (χ0n) is 4.47. The summed E-state index contributed by atoms with van der Waals surface area (Å²) >= 11 is 6.07. The molecule has 0 heterocycles. The van der Waals surface area contributed by atoms with Crippen molar-refractivity contribution in [3.05, 3.63) is 0 Å². The van der Waals surface area contributed by atoms with E-state index in [2.05, 4.69) is 43.7 Å². The molecule has 0 amide bonds. The number of rotatable bonds is 2. The largest absolute Gasteiger partial charge is 0.329 e. The summed E-state index contributed by atoms with van der Waals surface area (Å²) < 4.78 is 4.91. The van der Waals surface area contributed by atoms with Crippen molar-refractivity contribution in [3.8, 4) is 24.7 Å². The lowest BCUT2D eigenvalue weighted by Gasteiger charge is -2.04. The van der Waals surface area contributed by atoms with Gasteiger partial charge < -0.3 is 4.74 Å². The molecule has 0 aromatic carbocycles. The second kappa shape index (κ2) is 4.88. The molecule has 0 rings (SSSR count). The average molecular weight is 252 g/mol. The number of hydrogen-bond donors (Lipinski definition) is 0. The van der Waals surface area contributed by atoms with Gasteiger partial charge in [-0.1, -0.05) is 11.8 Å². The molecular weight excluding hydrogens is 248 g/mol. The van der Waals surface area contributed by atoms with Gasteiger partial charge in [0.05, 0.1) is 0 Å². The Labute approximate surface area is 71.4 Å². The number of terminal acetylenes is 2. The molecule has 1 nitrogen and oxygen atoms in total. The Morgan fingerprint density at radius 1 is 1.11 bits per heavy atom. The first-order valence-corrected chi connectivity index (χ1v) is 3.89. The molecule has 0 spiro atoms. The van der Waals surface area contributed by atoms with Crippen molar-refractivity contribution in [2.24, 2.45) is 0 Å². The van der Waals surface area contributed by atoms with Gasteiger partial charge in [0, 0.05) is 0 Å². The maximum atomic E-state index is 4.96. The van der Waals surface area contributed by atoms with E-state index in [1.54, 1.807) is 0 Å². The molecule has 0 fully saturated rings. The summed E-state index contributed by atoms with van der Waals surface area (Å²) in [6.07, 6.45) is 9.93. The van der Waals surface area contributed by atoms with E-state index >= 15 is 0 Å². The zero-order valence-corrected chi connectivity index (χ0v) is 7.65. The predicted octanol–water partition coefficient (Wildman–Crippen LogP) is 1.71. The zero-order chi connectivity index (χ0) is 7.28. The van der Waals surface area contributed by atoms with Crippen LogP contribution in [-0.4, -0.2) is 10.0 Å². The molecule has 0 radical (unpaired) electrons. The van der Waals surface area contributed by atoms with Crippen molar-refractivity contribution in [3.63, 3.8) is 0 Å². The minimum atomic E-state index is -0.419. The topological polar surface area (TPSA) is 9.23 Å². The van der Waals surface area contributed by atoms with Crippen molar-refractivity contribution < 1.29 is 4.74 Å². The quantitative estimate of drug-likeness (QED) is 0.537. The van der Waals surface area contributed by atoms with Crippen LogP contribution >= 0.6 is 31.9 Å². The van der Waals surface area contributed by atoms with Gasteiger partial charge in [0.15, 0.2) is 10.0 Å². The van der Waals surface area contributed by atoms with Gasteiger partial charge in [0.25, 0.3) is 0 Å². The lowest BCUT2D eigenvalue weighted by Crippen LogP contribution is -2.07. The highest BCUT2D eigenvalue weighted by Crippen LogP contribution is 2.07. The Morgan fingerprint density at radius 3 is 1.67 bits per heavy atom.